The van der Waals surface area contributed by atoms with Crippen molar-refractivity contribution in [3.63, 3.8) is 0 Å². The number of hydrogen-bond donors (Lipinski definition) is 0. The van der Waals surface area contributed by atoms with Crippen LogP contribution in [0.15, 0.2) is 24.3 Å². The Morgan fingerprint density at radius 2 is 1.50 bits per heavy atom. The van der Waals surface area contributed by atoms with Crippen molar-refractivity contribution in [1.82, 2.24) is 0 Å². The summed E-state index contributed by atoms with van der Waals surface area (Å²) in [6, 6.07) is 6.66. The maximum Gasteiger partial charge on any atom is 0.340 e. The lowest BCUT2D eigenvalue weighted by molar-refractivity contribution is 0.0360. The predicted octanol–water partition coefficient (Wildman–Crippen LogP) is 6.58. The lowest BCUT2D eigenvalue weighted by Crippen LogP contribution is -2.21. The minimum absolute atomic E-state index is 0.231. The smallest absolute Gasteiger partial charge is 0.340 e. The summed E-state index contributed by atoms with van der Waals surface area (Å²) in [7, 11) is 0. The number of rotatable bonds is 13. The van der Waals surface area contributed by atoms with Crippen LogP contribution in [-0.2, 0) is 9.47 Å². The number of ether oxygens (including phenoxy) is 2. The standard InChI is InChI=1S/C26H38O4/c1-5-7-9-10-11-12-15-19-29-25(27)23-17-13-14-18-24(23)26(28)30-22(16-8-6-2)20-21(3)4/h13-14,17-18,21-22H,5-7,9-12,15,19-20H2,1-4H3. The molecule has 0 spiro atoms. The summed E-state index contributed by atoms with van der Waals surface area (Å²) in [5.41, 5.74) is 0.478. The molecule has 0 heterocycles. The van der Waals surface area contributed by atoms with Crippen LogP contribution >= 0.6 is 0 Å². The second kappa shape index (κ2) is 15.5. The average molecular weight is 415 g/mol. The molecule has 166 valence electrons. The van der Waals surface area contributed by atoms with Gasteiger partial charge < -0.3 is 9.47 Å². The van der Waals surface area contributed by atoms with Gasteiger partial charge in [0.15, 0.2) is 6.10 Å². The Labute approximate surface area is 182 Å². The fraction of sp³-hybridized carbons (Fsp3) is 0.615. The first-order valence-electron chi connectivity index (χ1n) is 11.4. The molecule has 1 rings (SSSR count). The number of esters is 2. The first-order chi connectivity index (χ1) is 14.5. The van der Waals surface area contributed by atoms with Gasteiger partial charge in [-0.15, -0.1) is 0 Å². The van der Waals surface area contributed by atoms with E-state index >= 15 is 0 Å². The molecule has 4 nitrogen and oxygen atoms in total. The zero-order valence-electron chi connectivity index (χ0n) is 19.2. The summed E-state index contributed by atoms with van der Waals surface area (Å²) in [6.07, 6.45) is 8.96. The van der Waals surface area contributed by atoms with Gasteiger partial charge in [0.25, 0.3) is 0 Å². The van der Waals surface area contributed by atoms with Crippen LogP contribution in [0.2, 0.25) is 0 Å². The van der Waals surface area contributed by atoms with Crippen molar-refractivity contribution >= 4 is 11.9 Å². The third kappa shape index (κ3) is 10.5. The summed E-state index contributed by atoms with van der Waals surface area (Å²) in [5, 5.41) is 0. The summed E-state index contributed by atoms with van der Waals surface area (Å²) < 4.78 is 11.0. The molecule has 0 aliphatic heterocycles. The molecule has 0 aliphatic carbocycles. The number of carbonyl (C=O) groups excluding carboxylic acids is 2. The van der Waals surface area contributed by atoms with Gasteiger partial charge in [-0.05, 0) is 30.9 Å². The zero-order valence-corrected chi connectivity index (χ0v) is 19.2. The maximum absolute atomic E-state index is 12.7. The Hall–Kier alpha value is -2.28. The van der Waals surface area contributed by atoms with Crippen LogP contribution in [0.5, 0.6) is 0 Å². The lowest BCUT2D eigenvalue weighted by Gasteiger charge is -2.16. The Balaban J connectivity index is 2.63. The second-order valence-electron chi connectivity index (χ2n) is 8.00. The van der Waals surface area contributed by atoms with Gasteiger partial charge in [0.1, 0.15) is 0 Å². The van der Waals surface area contributed by atoms with Crippen molar-refractivity contribution < 1.29 is 19.1 Å². The Kier molecular flexibility index (Phi) is 13.3. The normalized spacial score (nSPS) is 11.5. The van der Waals surface area contributed by atoms with Crippen LogP contribution in [0.3, 0.4) is 0 Å². The van der Waals surface area contributed by atoms with E-state index in [1.54, 1.807) is 24.3 Å². The topological polar surface area (TPSA) is 52.6 Å². The van der Waals surface area contributed by atoms with Gasteiger partial charge in [0, 0.05) is 6.42 Å². The minimum Gasteiger partial charge on any atom is -0.462 e. The van der Waals surface area contributed by atoms with E-state index in [4.69, 9.17) is 9.47 Å². The van der Waals surface area contributed by atoms with Gasteiger partial charge in [-0.25, -0.2) is 9.59 Å². The van der Waals surface area contributed by atoms with Gasteiger partial charge >= 0.3 is 11.9 Å². The summed E-state index contributed by atoms with van der Waals surface area (Å²) in [5.74, 6) is 5.32. The fourth-order valence-corrected chi connectivity index (χ4v) is 3.11. The van der Waals surface area contributed by atoms with Crippen molar-refractivity contribution in [2.75, 3.05) is 6.61 Å². The molecule has 1 aromatic rings. The Morgan fingerprint density at radius 1 is 0.900 bits per heavy atom. The molecule has 0 amide bonds. The van der Waals surface area contributed by atoms with Crippen LogP contribution in [0.25, 0.3) is 0 Å². The van der Waals surface area contributed by atoms with E-state index in [0.29, 0.717) is 25.4 Å². The highest BCUT2D eigenvalue weighted by Crippen LogP contribution is 2.16. The lowest BCUT2D eigenvalue weighted by atomic mass is 10.1. The van der Waals surface area contributed by atoms with E-state index in [2.05, 4.69) is 32.6 Å². The van der Waals surface area contributed by atoms with E-state index in [0.717, 1.165) is 19.3 Å². The van der Waals surface area contributed by atoms with Gasteiger partial charge in [0.2, 0.25) is 0 Å². The molecule has 0 aromatic heterocycles. The molecule has 0 N–H and O–H groups in total. The maximum atomic E-state index is 12.7. The molecule has 1 aromatic carbocycles. The molecular weight excluding hydrogens is 376 g/mol. The molecule has 1 unspecified atom stereocenters. The molecule has 0 bridgehead atoms. The van der Waals surface area contributed by atoms with Crippen molar-refractivity contribution in [1.29, 1.82) is 0 Å². The number of carbonyl (C=O) groups is 2. The SMILES string of the molecule is CCC#CC(CC(C)C)OC(=O)c1ccccc1C(=O)OCCCCCCCCC. The van der Waals surface area contributed by atoms with Crippen LogP contribution in [0.1, 0.15) is 106 Å². The van der Waals surface area contributed by atoms with Gasteiger partial charge in [-0.2, -0.15) is 0 Å². The highest BCUT2D eigenvalue weighted by atomic mass is 16.5. The fourth-order valence-electron chi connectivity index (χ4n) is 3.11. The largest absolute Gasteiger partial charge is 0.462 e. The Bertz CT molecular complexity index is 696. The van der Waals surface area contributed by atoms with Gasteiger partial charge in [-0.3, -0.25) is 0 Å². The molecule has 0 saturated carbocycles. The highest BCUT2D eigenvalue weighted by molar-refractivity contribution is 6.03. The van der Waals surface area contributed by atoms with E-state index in [9.17, 15) is 9.59 Å². The van der Waals surface area contributed by atoms with Crippen molar-refractivity contribution in [3.05, 3.63) is 35.4 Å². The van der Waals surface area contributed by atoms with Crippen LogP contribution in [-0.4, -0.2) is 24.6 Å². The molecule has 30 heavy (non-hydrogen) atoms. The number of benzene rings is 1. The number of unbranched alkanes of at least 4 members (excludes halogenated alkanes) is 6. The van der Waals surface area contributed by atoms with Crippen LogP contribution in [0, 0.1) is 17.8 Å². The monoisotopic (exact) mass is 414 g/mol. The molecule has 0 saturated heterocycles. The molecule has 0 fully saturated rings. The molecule has 1 atom stereocenters. The van der Waals surface area contributed by atoms with Crippen molar-refractivity contribution in [3.8, 4) is 11.8 Å². The first kappa shape index (κ1) is 25.8. The second-order valence-corrected chi connectivity index (χ2v) is 8.00. The summed E-state index contributed by atoms with van der Waals surface area (Å²) in [4.78, 5) is 25.3. The van der Waals surface area contributed by atoms with E-state index in [1.807, 2.05) is 6.92 Å². The van der Waals surface area contributed by atoms with E-state index in [1.165, 1.54) is 25.7 Å². The van der Waals surface area contributed by atoms with Crippen LogP contribution in [0.4, 0.5) is 0 Å². The quantitative estimate of drug-likeness (QED) is 0.208. The third-order valence-electron chi connectivity index (χ3n) is 4.72. The van der Waals surface area contributed by atoms with Gasteiger partial charge in [-0.1, -0.05) is 90.2 Å². The molecule has 0 radical (unpaired) electrons. The van der Waals surface area contributed by atoms with Crippen LogP contribution < -0.4 is 0 Å². The minimum atomic E-state index is -0.533. The molecule has 0 aliphatic rings. The molecule has 4 heteroatoms. The number of hydrogen-bond acceptors (Lipinski definition) is 4. The highest BCUT2D eigenvalue weighted by Gasteiger charge is 2.22. The summed E-state index contributed by atoms with van der Waals surface area (Å²) >= 11 is 0. The average Bonchev–Trinajstić information content (AvgIpc) is 2.73. The molecular formula is C26H38O4. The van der Waals surface area contributed by atoms with E-state index in [-0.39, 0.29) is 11.1 Å². The summed E-state index contributed by atoms with van der Waals surface area (Å²) in [6.45, 7) is 8.65. The van der Waals surface area contributed by atoms with Crippen molar-refractivity contribution in [2.45, 2.75) is 91.6 Å². The zero-order chi connectivity index (χ0) is 22.2. The van der Waals surface area contributed by atoms with E-state index < -0.39 is 18.0 Å². The van der Waals surface area contributed by atoms with Crippen molar-refractivity contribution in [2.24, 2.45) is 5.92 Å². The predicted molar refractivity (Wildman–Crippen MR) is 121 cm³/mol. The Morgan fingerprint density at radius 3 is 2.10 bits per heavy atom. The van der Waals surface area contributed by atoms with Gasteiger partial charge in [0.05, 0.1) is 17.7 Å². The first-order valence-corrected chi connectivity index (χ1v) is 11.4. The third-order valence-corrected chi connectivity index (χ3v) is 4.72.